The molecule has 0 aromatic heterocycles. The predicted octanol–water partition coefficient (Wildman–Crippen LogP) is 3.36. The number of hydrogen-bond donors (Lipinski definition) is 1. The zero-order valence-electron chi connectivity index (χ0n) is 11.3. The van der Waals surface area contributed by atoms with E-state index in [0.29, 0.717) is 16.7 Å². The summed E-state index contributed by atoms with van der Waals surface area (Å²) >= 11 is 0. The van der Waals surface area contributed by atoms with Crippen LogP contribution >= 0.6 is 0 Å². The van der Waals surface area contributed by atoms with Gasteiger partial charge in [0, 0.05) is 12.1 Å². The van der Waals surface area contributed by atoms with Crippen LogP contribution in [0.25, 0.3) is 11.6 Å². The molecular weight excluding hydrogens is 284 g/mol. The molecule has 1 N–H and O–H groups in total. The number of non-ortho nitro benzene ring substituents is 1. The molecule has 6 nitrogen and oxygen atoms in total. The molecule has 2 rings (SSSR count). The maximum absolute atomic E-state index is 10.8. The van der Waals surface area contributed by atoms with Crippen LogP contribution in [0, 0.1) is 21.4 Å². The van der Waals surface area contributed by atoms with E-state index in [-0.39, 0.29) is 11.3 Å². The Hall–Kier alpha value is -3.46. The van der Waals surface area contributed by atoms with Gasteiger partial charge >= 0.3 is 5.97 Å². The third kappa shape index (κ3) is 3.35. The summed E-state index contributed by atoms with van der Waals surface area (Å²) < 4.78 is 0. The highest BCUT2D eigenvalue weighted by Crippen LogP contribution is 2.20. The highest BCUT2D eigenvalue weighted by atomic mass is 16.6. The molecule has 0 aliphatic rings. The average molecular weight is 294 g/mol. The molecule has 22 heavy (non-hydrogen) atoms. The quantitative estimate of drug-likeness (QED) is 0.403. The fraction of sp³-hybridized carbons (Fsp3) is 0. The molecule has 0 heterocycles. The van der Waals surface area contributed by atoms with Gasteiger partial charge in [0.2, 0.25) is 0 Å². The van der Waals surface area contributed by atoms with Crippen LogP contribution in [0.2, 0.25) is 0 Å². The van der Waals surface area contributed by atoms with Gasteiger partial charge in [-0.15, -0.1) is 0 Å². The third-order valence-corrected chi connectivity index (χ3v) is 2.98. The molecule has 0 saturated carbocycles. The van der Waals surface area contributed by atoms with Crippen LogP contribution in [-0.2, 0) is 0 Å². The predicted molar refractivity (Wildman–Crippen MR) is 80.0 cm³/mol. The number of aromatic carboxylic acids is 1. The van der Waals surface area contributed by atoms with Gasteiger partial charge in [-0.1, -0.05) is 12.1 Å². The first-order chi connectivity index (χ1) is 10.5. The molecule has 0 amide bonds. The van der Waals surface area contributed by atoms with Gasteiger partial charge in [-0.3, -0.25) is 10.1 Å². The van der Waals surface area contributed by atoms with Crippen LogP contribution in [0.15, 0.2) is 48.5 Å². The largest absolute Gasteiger partial charge is 0.478 e. The molecule has 0 radical (unpaired) electrons. The molecular formula is C16H10N2O4. The summed E-state index contributed by atoms with van der Waals surface area (Å²) in [7, 11) is 0. The zero-order valence-corrected chi connectivity index (χ0v) is 11.3. The molecule has 0 atom stereocenters. The van der Waals surface area contributed by atoms with Crippen LogP contribution in [0.3, 0.4) is 0 Å². The second-order valence-corrected chi connectivity index (χ2v) is 4.40. The van der Waals surface area contributed by atoms with Gasteiger partial charge in [-0.05, 0) is 41.5 Å². The number of nitriles is 1. The van der Waals surface area contributed by atoms with Gasteiger partial charge in [0.15, 0.2) is 0 Å². The van der Waals surface area contributed by atoms with E-state index in [0.717, 1.165) is 0 Å². The lowest BCUT2D eigenvalue weighted by Crippen LogP contribution is -1.95. The van der Waals surface area contributed by atoms with Crippen molar-refractivity contribution in [2.75, 3.05) is 0 Å². The van der Waals surface area contributed by atoms with Gasteiger partial charge in [-0.25, -0.2) is 4.79 Å². The Labute approximate surface area is 125 Å². The minimum Gasteiger partial charge on any atom is -0.478 e. The Kier molecular flexibility index (Phi) is 4.30. The lowest BCUT2D eigenvalue weighted by molar-refractivity contribution is -0.384. The van der Waals surface area contributed by atoms with Crippen LogP contribution in [0.4, 0.5) is 5.69 Å². The maximum atomic E-state index is 10.8. The second-order valence-electron chi connectivity index (χ2n) is 4.40. The molecule has 6 heteroatoms. The van der Waals surface area contributed by atoms with Crippen LogP contribution in [0.1, 0.15) is 21.5 Å². The molecule has 0 aliphatic heterocycles. The van der Waals surface area contributed by atoms with Crippen molar-refractivity contribution >= 4 is 23.3 Å². The molecule has 2 aromatic carbocycles. The van der Waals surface area contributed by atoms with Crippen molar-refractivity contribution in [1.29, 1.82) is 5.26 Å². The molecule has 0 fully saturated rings. The number of rotatable bonds is 4. The van der Waals surface area contributed by atoms with Crippen molar-refractivity contribution in [3.05, 3.63) is 75.3 Å². The minimum absolute atomic E-state index is 0.0264. The summed E-state index contributed by atoms with van der Waals surface area (Å²) in [6.45, 7) is 0. The summed E-state index contributed by atoms with van der Waals surface area (Å²) in [5.74, 6) is -1.04. The third-order valence-electron chi connectivity index (χ3n) is 2.98. The molecule has 108 valence electrons. The number of benzene rings is 2. The molecule has 0 unspecified atom stereocenters. The first-order valence-electron chi connectivity index (χ1n) is 6.21. The van der Waals surface area contributed by atoms with E-state index in [1.54, 1.807) is 30.3 Å². The van der Waals surface area contributed by atoms with Crippen LogP contribution in [0.5, 0.6) is 0 Å². The minimum atomic E-state index is -1.04. The van der Waals surface area contributed by atoms with E-state index in [1.165, 1.54) is 24.3 Å². The van der Waals surface area contributed by atoms with Crippen LogP contribution in [-0.4, -0.2) is 16.0 Å². The maximum Gasteiger partial charge on any atom is 0.335 e. The second kappa shape index (κ2) is 6.33. The highest BCUT2D eigenvalue weighted by molar-refractivity contribution is 5.92. The number of allylic oxidation sites excluding steroid dienone is 1. The summed E-state index contributed by atoms with van der Waals surface area (Å²) in [6.07, 6.45) is 1.58. The van der Waals surface area contributed by atoms with Crippen molar-refractivity contribution in [2.45, 2.75) is 0 Å². The fourth-order valence-corrected chi connectivity index (χ4v) is 1.83. The monoisotopic (exact) mass is 294 g/mol. The standard InChI is InChI=1S/C16H10N2O4/c17-10-14(12-3-5-13(6-4-12)16(19)20)9-11-1-7-15(8-2-11)18(21)22/h1-9H,(H,19,20). The molecule has 0 bridgehead atoms. The zero-order chi connectivity index (χ0) is 16.1. The van der Waals surface area contributed by atoms with Crippen molar-refractivity contribution in [1.82, 2.24) is 0 Å². The first-order valence-corrected chi connectivity index (χ1v) is 6.21. The van der Waals surface area contributed by atoms with Gasteiger partial charge in [0.25, 0.3) is 5.69 Å². The van der Waals surface area contributed by atoms with E-state index in [4.69, 9.17) is 5.11 Å². The molecule has 0 spiro atoms. The number of carbonyl (C=O) groups is 1. The van der Waals surface area contributed by atoms with Gasteiger partial charge in [0.05, 0.1) is 22.1 Å². The van der Waals surface area contributed by atoms with E-state index in [9.17, 15) is 20.2 Å². The van der Waals surface area contributed by atoms with Crippen molar-refractivity contribution < 1.29 is 14.8 Å². The summed E-state index contributed by atoms with van der Waals surface area (Å²) in [6, 6.07) is 13.8. The van der Waals surface area contributed by atoms with E-state index < -0.39 is 10.9 Å². The number of nitrogens with zero attached hydrogens (tertiary/aromatic N) is 2. The summed E-state index contributed by atoms with van der Waals surface area (Å²) in [5.41, 5.74) is 1.67. The smallest absolute Gasteiger partial charge is 0.335 e. The topological polar surface area (TPSA) is 104 Å². The Bertz CT molecular complexity index is 784. The number of hydrogen-bond acceptors (Lipinski definition) is 4. The molecule has 0 saturated heterocycles. The summed E-state index contributed by atoms with van der Waals surface area (Å²) in [5, 5.41) is 28.7. The van der Waals surface area contributed by atoms with Crippen molar-refractivity contribution in [3.63, 3.8) is 0 Å². The number of carboxylic acids is 1. The normalized spacial score (nSPS) is 10.8. The van der Waals surface area contributed by atoms with Gasteiger partial charge in [0.1, 0.15) is 0 Å². The number of nitro groups is 1. The van der Waals surface area contributed by atoms with E-state index in [1.807, 2.05) is 6.07 Å². The van der Waals surface area contributed by atoms with E-state index >= 15 is 0 Å². The van der Waals surface area contributed by atoms with Gasteiger partial charge in [-0.2, -0.15) is 5.26 Å². The Balaban J connectivity index is 2.32. The lowest BCUT2D eigenvalue weighted by atomic mass is 10.0. The summed E-state index contributed by atoms with van der Waals surface area (Å²) in [4.78, 5) is 20.9. The van der Waals surface area contributed by atoms with Crippen LogP contribution < -0.4 is 0 Å². The average Bonchev–Trinajstić information content (AvgIpc) is 2.53. The number of carboxylic acid groups (broad SMARTS) is 1. The van der Waals surface area contributed by atoms with Crippen molar-refractivity contribution in [3.8, 4) is 6.07 Å². The van der Waals surface area contributed by atoms with E-state index in [2.05, 4.69) is 0 Å². The first kappa shape index (κ1) is 14.9. The number of nitro benzene ring substituents is 1. The van der Waals surface area contributed by atoms with Gasteiger partial charge < -0.3 is 5.11 Å². The molecule has 0 aliphatic carbocycles. The Morgan fingerprint density at radius 2 is 1.64 bits per heavy atom. The highest BCUT2D eigenvalue weighted by Gasteiger charge is 2.06. The fourth-order valence-electron chi connectivity index (χ4n) is 1.83. The molecule has 2 aromatic rings. The lowest BCUT2D eigenvalue weighted by Gasteiger charge is -2.01. The Morgan fingerprint density at radius 3 is 2.09 bits per heavy atom. The van der Waals surface area contributed by atoms with Crippen molar-refractivity contribution in [2.24, 2.45) is 0 Å². The SMILES string of the molecule is N#CC(=Cc1ccc([N+](=O)[O-])cc1)c1ccc(C(=O)O)cc1. The Morgan fingerprint density at radius 1 is 1.09 bits per heavy atom.